The zero-order valence-corrected chi connectivity index (χ0v) is 10.8. The fraction of sp³-hybridized carbons (Fsp3) is 0.538. The molecule has 4 nitrogen and oxygen atoms in total. The van der Waals surface area contributed by atoms with Crippen LogP contribution >= 0.6 is 11.3 Å². The molecular weight excluding hydrogens is 246 g/mol. The lowest BCUT2D eigenvalue weighted by Crippen LogP contribution is -2.05. The van der Waals surface area contributed by atoms with Gasteiger partial charge in [0.15, 0.2) is 5.82 Å². The van der Waals surface area contributed by atoms with Crippen molar-refractivity contribution in [1.29, 1.82) is 0 Å². The van der Waals surface area contributed by atoms with Gasteiger partial charge in [0.05, 0.1) is 10.6 Å². The lowest BCUT2D eigenvalue weighted by atomic mass is 9.97. The highest BCUT2D eigenvalue weighted by atomic mass is 32.1. The van der Waals surface area contributed by atoms with Gasteiger partial charge in [0.2, 0.25) is 0 Å². The maximum atomic E-state index is 5.89. The minimum atomic E-state index is 0.530. The predicted molar refractivity (Wildman–Crippen MR) is 70.2 cm³/mol. The summed E-state index contributed by atoms with van der Waals surface area (Å²) in [5, 5.41) is 6.90. The van der Waals surface area contributed by atoms with E-state index in [2.05, 4.69) is 10.1 Å². The zero-order valence-electron chi connectivity index (χ0n) is 10.0. The number of nitrogen functional groups attached to an aromatic ring is 1. The molecule has 2 fully saturated rings. The van der Waals surface area contributed by atoms with E-state index < -0.39 is 0 Å². The molecular formula is C13H15N3OS. The number of hydrogen-bond donors (Lipinski definition) is 1. The van der Waals surface area contributed by atoms with Crippen molar-refractivity contribution in [1.82, 2.24) is 10.1 Å². The summed E-state index contributed by atoms with van der Waals surface area (Å²) in [5.41, 5.74) is 6.77. The van der Waals surface area contributed by atoms with Crippen molar-refractivity contribution in [2.45, 2.75) is 31.6 Å². The van der Waals surface area contributed by atoms with E-state index in [-0.39, 0.29) is 0 Å². The number of aromatic nitrogens is 2. The second-order valence-electron chi connectivity index (χ2n) is 5.36. The summed E-state index contributed by atoms with van der Waals surface area (Å²) in [6.45, 7) is 0. The fourth-order valence-electron chi connectivity index (χ4n) is 2.69. The lowest BCUT2D eigenvalue weighted by Gasteiger charge is -2.08. The number of nitrogens with two attached hydrogens (primary N) is 1. The first-order valence-electron chi connectivity index (χ1n) is 6.50. The predicted octanol–water partition coefficient (Wildman–Crippen LogP) is 3.28. The molecule has 0 atom stereocenters. The molecule has 2 aliphatic rings. The monoisotopic (exact) mass is 261 g/mol. The Morgan fingerprint density at radius 1 is 1.28 bits per heavy atom. The Morgan fingerprint density at radius 3 is 2.56 bits per heavy atom. The first kappa shape index (κ1) is 10.6. The Kier molecular flexibility index (Phi) is 2.24. The van der Waals surface area contributed by atoms with Gasteiger partial charge >= 0.3 is 0 Å². The Bertz CT molecular complexity index is 556. The van der Waals surface area contributed by atoms with Gasteiger partial charge in [0.1, 0.15) is 0 Å². The van der Waals surface area contributed by atoms with Crippen LogP contribution in [0.4, 0.5) is 5.00 Å². The van der Waals surface area contributed by atoms with Crippen molar-refractivity contribution >= 4 is 16.3 Å². The Hall–Kier alpha value is -1.36. The van der Waals surface area contributed by atoms with Gasteiger partial charge in [-0.1, -0.05) is 5.16 Å². The van der Waals surface area contributed by atoms with Crippen LogP contribution in [-0.2, 0) is 0 Å². The van der Waals surface area contributed by atoms with E-state index in [1.54, 1.807) is 0 Å². The van der Waals surface area contributed by atoms with Gasteiger partial charge in [-0.2, -0.15) is 4.98 Å². The number of anilines is 1. The molecule has 2 saturated carbocycles. The number of hydrogen-bond acceptors (Lipinski definition) is 5. The van der Waals surface area contributed by atoms with Gasteiger partial charge in [-0.3, -0.25) is 0 Å². The molecule has 94 valence electrons. The van der Waals surface area contributed by atoms with Crippen LogP contribution in [0.15, 0.2) is 16.0 Å². The van der Waals surface area contributed by atoms with Crippen LogP contribution in [0.5, 0.6) is 0 Å². The van der Waals surface area contributed by atoms with Crippen molar-refractivity contribution in [2.75, 3.05) is 5.73 Å². The van der Waals surface area contributed by atoms with Crippen molar-refractivity contribution in [3.8, 4) is 11.5 Å². The Labute approximate surface area is 109 Å². The summed E-state index contributed by atoms with van der Waals surface area (Å²) in [6.07, 6.45) is 5.30. The van der Waals surface area contributed by atoms with Gasteiger partial charge in [0.25, 0.3) is 5.89 Å². The lowest BCUT2D eigenvalue weighted by molar-refractivity contribution is 0.402. The second-order valence-corrected chi connectivity index (χ2v) is 6.30. The van der Waals surface area contributed by atoms with Crippen LogP contribution in [0.2, 0.25) is 0 Å². The summed E-state index contributed by atoms with van der Waals surface area (Å²) in [7, 11) is 0. The molecule has 0 radical (unpaired) electrons. The highest BCUT2D eigenvalue weighted by Gasteiger charge is 2.44. The van der Waals surface area contributed by atoms with Crippen LogP contribution in [-0.4, -0.2) is 10.1 Å². The number of rotatable bonds is 4. The molecule has 2 aromatic heterocycles. The van der Waals surface area contributed by atoms with Gasteiger partial charge < -0.3 is 10.3 Å². The molecule has 4 rings (SSSR count). The molecule has 0 aliphatic heterocycles. The van der Waals surface area contributed by atoms with Crippen LogP contribution in [0.25, 0.3) is 11.5 Å². The molecule has 2 aliphatic carbocycles. The number of thiophene rings is 1. The van der Waals surface area contributed by atoms with Gasteiger partial charge in [-0.25, -0.2) is 0 Å². The summed E-state index contributed by atoms with van der Waals surface area (Å²) < 4.78 is 5.39. The van der Waals surface area contributed by atoms with Crippen molar-refractivity contribution in [3.05, 3.63) is 17.3 Å². The zero-order chi connectivity index (χ0) is 12.1. The molecule has 18 heavy (non-hydrogen) atoms. The quantitative estimate of drug-likeness (QED) is 0.917. The highest BCUT2D eigenvalue weighted by molar-refractivity contribution is 7.14. The molecule has 0 bridgehead atoms. The molecule has 2 N–H and O–H groups in total. The topological polar surface area (TPSA) is 64.9 Å². The third-order valence-corrected chi connectivity index (χ3v) is 4.67. The Morgan fingerprint density at radius 2 is 2.00 bits per heavy atom. The molecule has 2 aromatic rings. The third kappa shape index (κ3) is 1.73. The van der Waals surface area contributed by atoms with Crippen molar-refractivity contribution in [3.63, 3.8) is 0 Å². The molecule has 0 unspecified atom stereocenters. The molecule has 0 aromatic carbocycles. The van der Waals surface area contributed by atoms with E-state index in [0.29, 0.717) is 11.8 Å². The summed E-state index contributed by atoms with van der Waals surface area (Å²) in [5.74, 6) is 3.60. The summed E-state index contributed by atoms with van der Waals surface area (Å²) >= 11 is 1.50. The third-order valence-electron chi connectivity index (χ3n) is 3.93. The van der Waals surface area contributed by atoms with Crippen LogP contribution in [0.3, 0.4) is 0 Å². The van der Waals surface area contributed by atoms with Gasteiger partial charge in [-0.05, 0) is 49.0 Å². The summed E-state index contributed by atoms with van der Waals surface area (Å²) in [6, 6.07) is 1.94. The second kappa shape index (κ2) is 3.82. The molecule has 0 spiro atoms. The first-order valence-corrected chi connectivity index (χ1v) is 7.38. The summed E-state index contributed by atoms with van der Waals surface area (Å²) in [4.78, 5) is 4.59. The van der Waals surface area contributed by atoms with Crippen molar-refractivity contribution in [2.24, 2.45) is 11.8 Å². The first-order chi connectivity index (χ1) is 8.83. The maximum absolute atomic E-state index is 5.89. The molecule has 0 saturated heterocycles. The molecule has 0 amide bonds. The number of nitrogens with zero attached hydrogens (tertiary/aromatic N) is 2. The Balaban J connectivity index is 1.66. The molecule has 5 heteroatoms. The van der Waals surface area contributed by atoms with E-state index in [9.17, 15) is 0 Å². The highest BCUT2D eigenvalue weighted by Crippen LogP contribution is 2.53. The van der Waals surface area contributed by atoms with Crippen molar-refractivity contribution < 1.29 is 4.52 Å². The molecule has 2 heterocycles. The van der Waals surface area contributed by atoms with Gasteiger partial charge in [0, 0.05) is 5.92 Å². The fourth-order valence-corrected chi connectivity index (χ4v) is 3.33. The van der Waals surface area contributed by atoms with Crippen LogP contribution in [0.1, 0.15) is 37.4 Å². The van der Waals surface area contributed by atoms with Gasteiger partial charge in [-0.15, -0.1) is 11.3 Å². The van der Waals surface area contributed by atoms with Crippen LogP contribution < -0.4 is 5.73 Å². The smallest absolute Gasteiger partial charge is 0.260 e. The van der Waals surface area contributed by atoms with E-state index >= 15 is 0 Å². The normalized spacial score (nSPS) is 19.6. The van der Waals surface area contributed by atoms with Crippen LogP contribution in [0, 0.1) is 11.8 Å². The van der Waals surface area contributed by atoms with E-state index in [1.165, 1.54) is 37.0 Å². The average molecular weight is 261 g/mol. The SMILES string of the molecule is Nc1sccc1-c1nc(C(C2CC2)C2CC2)no1. The minimum absolute atomic E-state index is 0.530. The maximum Gasteiger partial charge on any atom is 0.260 e. The van der Waals surface area contributed by atoms with E-state index in [1.807, 2.05) is 11.4 Å². The average Bonchev–Trinajstić information content (AvgIpc) is 3.26. The van der Waals surface area contributed by atoms with E-state index in [4.69, 9.17) is 10.3 Å². The van der Waals surface area contributed by atoms with E-state index in [0.717, 1.165) is 28.2 Å². The largest absolute Gasteiger partial charge is 0.390 e. The minimum Gasteiger partial charge on any atom is -0.390 e. The standard InChI is InChI=1S/C13H15N3OS/c14-11-9(5-6-18-11)13-15-12(16-17-13)10(7-1-2-7)8-3-4-8/h5-8,10H,1-4,14H2.